The van der Waals surface area contributed by atoms with E-state index in [1.54, 1.807) is 24.0 Å². The van der Waals surface area contributed by atoms with Gasteiger partial charge in [0.15, 0.2) is 46.9 Å². The Morgan fingerprint density at radius 3 is 1.04 bits per heavy atom. The SMILES string of the molecule is C[n+]1cc(Cl)c(CC(O)c2ccc(OC(F)F)c(OCC3CC3)c2)c(Cl)c1.OC(Cc1c(Cl)c[n+](O)cc1Cl)c1ccc(OC(F)F)c(OCC2CC2)c1.OC(Cc1c(Cl)cncc1Cl)c1ccc(OC(F)F)c(OCC2CC2)c1. The molecule has 3 atom stereocenters. The highest BCUT2D eigenvalue weighted by atomic mass is 35.5. The lowest BCUT2D eigenvalue weighted by Gasteiger charge is -2.17. The van der Waals surface area contributed by atoms with Crippen LogP contribution >= 0.6 is 69.6 Å². The molecule has 6 aromatic rings. The van der Waals surface area contributed by atoms with Gasteiger partial charge in [-0.2, -0.15) is 26.3 Å². The smallest absolute Gasteiger partial charge is 0.387 e. The maximum atomic E-state index is 12.6. The zero-order chi connectivity index (χ0) is 57.8. The number of rotatable bonds is 24. The van der Waals surface area contributed by atoms with Gasteiger partial charge in [0.1, 0.15) is 27.1 Å². The minimum atomic E-state index is -2.98. The summed E-state index contributed by atoms with van der Waals surface area (Å²) in [5, 5.41) is 43.0. The van der Waals surface area contributed by atoms with Crippen molar-refractivity contribution in [1.29, 1.82) is 0 Å². The number of alkyl halides is 6. The minimum Gasteiger partial charge on any atom is -0.489 e. The number of pyridine rings is 3. The van der Waals surface area contributed by atoms with E-state index in [2.05, 4.69) is 19.2 Å². The van der Waals surface area contributed by atoms with E-state index in [4.69, 9.17) is 83.8 Å². The van der Waals surface area contributed by atoms with Gasteiger partial charge in [-0.05, 0) is 115 Å². The molecule has 3 aromatic heterocycles. The van der Waals surface area contributed by atoms with Crippen molar-refractivity contribution in [2.45, 2.75) is 95.9 Å². The first-order chi connectivity index (χ1) is 38.1. The fourth-order valence-electron chi connectivity index (χ4n) is 7.75. The summed E-state index contributed by atoms with van der Waals surface area (Å²) >= 11 is 36.7. The lowest BCUT2D eigenvalue weighted by Crippen LogP contribution is -2.29. The van der Waals surface area contributed by atoms with E-state index in [-0.39, 0.29) is 63.8 Å². The first-order valence-electron chi connectivity index (χ1n) is 25.0. The molecule has 0 bridgehead atoms. The van der Waals surface area contributed by atoms with Crippen molar-refractivity contribution < 1.29 is 84.6 Å². The second-order valence-corrected chi connectivity index (χ2v) is 21.6. The Bertz CT molecular complexity index is 2840. The molecule has 25 heteroatoms. The van der Waals surface area contributed by atoms with Gasteiger partial charge in [0, 0.05) is 47.5 Å². The molecule has 4 N–H and O–H groups in total. The van der Waals surface area contributed by atoms with Crippen molar-refractivity contribution in [1.82, 2.24) is 4.98 Å². The van der Waals surface area contributed by atoms with Crippen LogP contribution in [0.1, 0.15) is 90.2 Å². The number of nitrogens with zero attached hydrogens (tertiary/aromatic N) is 3. The summed E-state index contributed by atoms with van der Waals surface area (Å²) in [7, 11) is 1.79. The van der Waals surface area contributed by atoms with Crippen molar-refractivity contribution in [3.05, 3.63) is 155 Å². The Labute approximate surface area is 486 Å². The third-order valence-electron chi connectivity index (χ3n) is 12.6. The first-order valence-corrected chi connectivity index (χ1v) is 27.3. The zero-order valence-corrected chi connectivity index (χ0v) is 47.0. The van der Waals surface area contributed by atoms with Gasteiger partial charge in [-0.1, -0.05) is 87.8 Å². The maximum Gasteiger partial charge on any atom is 0.387 e. The van der Waals surface area contributed by atoms with E-state index >= 15 is 0 Å². The van der Waals surface area contributed by atoms with Crippen molar-refractivity contribution in [2.24, 2.45) is 24.8 Å². The summed E-state index contributed by atoms with van der Waals surface area (Å²) in [4.78, 5) is 3.87. The standard InChI is InChI=1S/C19H20Cl2F2NO3.C18H18Cl2F2NO4.C18H17Cl2F2NO3/c1-24-8-14(20)13(15(21)9-24)7-16(25)12-4-5-17(27-19(22)23)18(6-12)26-10-11-2-3-11;19-13-7-23(25)8-14(20)12(13)6-15(24)11-3-4-16(27-18(21)22)17(5-11)26-9-10-1-2-10;19-13-7-23-8-14(20)12(13)6-15(24)11-3-4-16(26-18(21)22)17(5-11)25-9-10-1-2-10/h4-6,8-9,11,16,19,25H,2-3,7,10H2,1H3;3-5,7-8,10,15,18,24-25H,1-2,6,9H2;3-5,7-8,10,15,18,24H,1-2,6,9H2/q2*+1;. The maximum absolute atomic E-state index is 12.6. The van der Waals surface area contributed by atoms with Gasteiger partial charge in [0.05, 0.1) is 48.2 Å². The fraction of sp³-hybridized carbons (Fsp3) is 0.400. The van der Waals surface area contributed by atoms with Crippen LogP contribution in [0.5, 0.6) is 34.5 Å². The number of aliphatic hydroxyl groups excluding tert-OH is 3. The summed E-state index contributed by atoms with van der Waals surface area (Å²) in [5.41, 5.74) is 3.05. The monoisotopic (exact) mass is 1240 g/mol. The van der Waals surface area contributed by atoms with Crippen LogP contribution in [-0.4, -0.2) is 65.2 Å². The largest absolute Gasteiger partial charge is 0.489 e. The van der Waals surface area contributed by atoms with Gasteiger partial charge < -0.3 is 43.7 Å². The quantitative estimate of drug-likeness (QED) is 0.0260. The van der Waals surface area contributed by atoms with Crippen LogP contribution in [0.2, 0.25) is 30.1 Å². The molecule has 0 radical (unpaired) electrons. The predicted octanol–water partition coefficient (Wildman–Crippen LogP) is 13.7. The average molecular weight is 1240 g/mol. The summed E-state index contributed by atoms with van der Waals surface area (Å²) in [6.45, 7) is -7.61. The van der Waals surface area contributed by atoms with Crippen LogP contribution in [0.15, 0.2) is 91.8 Å². The molecule has 3 aliphatic rings. The number of aliphatic hydroxyl groups is 3. The summed E-state index contributed by atoms with van der Waals surface area (Å²) in [6.07, 6.45) is 12.6. The molecule has 0 amide bonds. The molecule has 3 heterocycles. The molecule has 3 fully saturated rings. The third-order valence-corrected chi connectivity index (χ3v) is 14.6. The molecule has 3 unspecified atom stereocenters. The van der Waals surface area contributed by atoms with Crippen LogP contribution < -0.4 is 37.7 Å². The zero-order valence-electron chi connectivity index (χ0n) is 42.5. The molecule has 80 heavy (non-hydrogen) atoms. The van der Waals surface area contributed by atoms with Crippen molar-refractivity contribution in [2.75, 3.05) is 19.8 Å². The van der Waals surface area contributed by atoms with Crippen molar-refractivity contribution >= 4 is 69.6 Å². The highest BCUT2D eigenvalue weighted by molar-refractivity contribution is 6.36. The van der Waals surface area contributed by atoms with E-state index in [9.17, 15) is 46.9 Å². The Hall–Kier alpha value is -5.09. The second-order valence-electron chi connectivity index (χ2n) is 19.2. The second kappa shape index (κ2) is 29.2. The minimum absolute atomic E-state index is 0.0515. The Balaban J connectivity index is 0.000000173. The van der Waals surface area contributed by atoms with Gasteiger partial charge in [0.25, 0.3) is 0 Å². The number of hydrogen-bond donors (Lipinski definition) is 4. The fourth-order valence-corrected chi connectivity index (χ4v) is 9.59. The Kier molecular flexibility index (Phi) is 22.9. The third kappa shape index (κ3) is 19.3. The molecule has 0 spiro atoms. The van der Waals surface area contributed by atoms with Gasteiger partial charge in [-0.25, -0.2) is 4.57 Å². The van der Waals surface area contributed by atoms with E-state index in [0.717, 1.165) is 43.3 Å². The van der Waals surface area contributed by atoms with E-state index in [1.807, 2.05) is 0 Å². The summed E-state index contributed by atoms with van der Waals surface area (Å²) in [5.74, 6) is 1.64. The van der Waals surface area contributed by atoms with Crippen LogP contribution in [0.25, 0.3) is 0 Å². The predicted molar refractivity (Wildman–Crippen MR) is 286 cm³/mol. The lowest BCUT2D eigenvalue weighted by atomic mass is 10.0. The molecule has 0 saturated heterocycles. The number of aromatic nitrogens is 3. The Morgan fingerprint density at radius 1 is 0.463 bits per heavy atom. The van der Waals surface area contributed by atoms with Gasteiger partial charge in [-0.15, -0.1) is 0 Å². The number of benzene rings is 3. The highest BCUT2D eigenvalue weighted by Gasteiger charge is 2.28. The molecule has 9 rings (SSSR count). The van der Waals surface area contributed by atoms with Gasteiger partial charge in [0.2, 0.25) is 12.4 Å². The van der Waals surface area contributed by atoms with E-state index < -0.39 is 38.1 Å². The average Bonchev–Trinajstić information content (AvgIpc) is 4.26. The number of halogens is 12. The van der Waals surface area contributed by atoms with Gasteiger partial charge >= 0.3 is 19.8 Å². The molecule has 3 aromatic carbocycles. The van der Waals surface area contributed by atoms with Crippen molar-refractivity contribution in [3.63, 3.8) is 0 Å². The number of hydrogen-bond acceptors (Lipinski definition) is 11. The summed E-state index contributed by atoms with van der Waals surface area (Å²) < 4.78 is 108. The Morgan fingerprint density at radius 2 is 0.750 bits per heavy atom. The number of ether oxygens (including phenoxy) is 6. The van der Waals surface area contributed by atoms with Crippen LogP contribution in [0.3, 0.4) is 0 Å². The van der Waals surface area contributed by atoms with Crippen LogP contribution in [0.4, 0.5) is 26.3 Å². The van der Waals surface area contributed by atoms with E-state index in [0.29, 0.717) is 91.0 Å². The molecule has 432 valence electrons. The van der Waals surface area contributed by atoms with Crippen molar-refractivity contribution in [3.8, 4) is 34.5 Å². The molecule has 13 nitrogen and oxygen atoms in total. The molecule has 0 aliphatic heterocycles. The first kappa shape index (κ1) is 62.5. The lowest BCUT2D eigenvalue weighted by molar-refractivity contribution is -0.904. The van der Waals surface area contributed by atoms with E-state index in [1.165, 1.54) is 79.4 Å². The highest BCUT2D eigenvalue weighted by Crippen LogP contribution is 2.40. The summed E-state index contributed by atoms with van der Waals surface area (Å²) in [6, 6.07) is 13.1. The topological polar surface area (TPSA) is 157 Å². The van der Waals surface area contributed by atoms with Gasteiger partial charge in [-0.3, -0.25) is 10.2 Å². The number of aryl methyl sites for hydroxylation is 1. The van der Waals surface area contributed by atoms with Crippen LogP contribution in [-0.2, 0) is 26.3 Å². The molecule has 3 aliphatic carbocycles. The molecule has 3 saturated carbocycles. The molecular formula is C55H55Cl6F6N3O10+2. The van der Waals surface area contributed by atoms with Crippen LogP contribution in [0, 0.1) is 17.8 Å². The molecular weight excluding hydrogens is 1190 g/mol. The normalized spacial score (nSPS) is 15.1.